The van der Waals surface area contributed by atoms with Gasteiger partial charge in [-0.3, -0.25) is 9.48 Å². The summed E-state index contributed by atoms with van der Waals surface area (Å²) in [5.74, 6) is -1.16. The van der Waals surface area contributed by atoms with Crippen molar-refractivity contribution in [2.24, 2.45) is 0 Å². The first-order valence-corrected chi connectivity index (χ1v) is 5.86. The molecule has 1 N–H and O–H groups in total. The number of rotatable bonds is 4. The molecule has 0 radical (unpaired) electrons. The average Bonchev–Trinajstić information content (AvgIpc) is 2.72. The molecule has 7 heteroatoms. The Kier molecular flexibility index (Phi) is 3.46. The first-order valence-electron chi connectivity index (χ1n) is 5.86. The van der Waals surface area contributed by atoms with Crippen molar-refractivity contribution >= 4 is 5.97 Å². The molecule has 0 aromatic carbocycles. The Morgan fingerprint density at radius 2 is 2.05 bits per heavy atom. The number of hydrogen-bond donors (Lipinski definition) is 1. The Balaban J connectivity index is 2.39. The smallest absolute Gasteiger partial charge is 0.356 e. The number of nitrogens with zero attached hydrogens (tertiary/aromatic N) is 4. The van der Waals surface area contributed by atoms with Crippen LogP contribution in [0, 0.1) is 6.92 Å². The van der Waals surface area contributed by atoms with Crippen molar-refractivity contribution < 1.29 is 9.90 Å². The van der Waals surface area contributed by atoms with Gasteiger partial charge in [0.1, 0.15) is 0 Å². The van der Waals surface area contributed by atoms with Gasteiger partial charge in [-0.15, -0.1) is 0 Å². The zero-order valence-corrected chi connectivity index (χ0v) is 10.7. The molecule has 2 heterocycles. The molecule has 19 heavy (non-hydrogen) atoms. The normalized spacial score (nSPS) is 10.6. The molecule has 0 aliphatic carbocycles. The van der Waals surface area contributed by atoms with Crippen molar-refractivity contribution in [2.75, 3.05) is 0 Å². The van der Waals surface area contributed by atoms with Crippen LogP contribution in [0.2, 0.25) is 0 Å². The molecular weight excluding hydrogens is 248 g/mol. The minimum Gasteiger partial charge on any atom is -0.476 e. The highest BCUT2D eigenvalue weighted by atomic mass is 16.4. The van der Waals surface area contributed by atoms with Gasteiger partial charge in [0, 0.05) is 12.6 Å². The van der Waals surface area contributed by atoms with Crippen molar-refractivity contribution in [2.45, 2.75) is 26.9 Å². The summed E-state index contributed by atoms with van der Waals surface area (Å²) in [6.07, 6.45) is 0. The summed E-state index contributed by atoms with van der Waals surface area (Å²) in [5, 5.41) is 17.0. The minimum atomic E-state index is -1.16. The van der Waals surface area contributed by atoms with Gasteiger partial charge in [-0.25, -0.2) is 9.48 Å². The van der Waals surface area contributed by atoms with Gasteiger partial charge in [-0.1, -0.05) is 0 Å². The average molecular weight is 262 g/mol. The lowest BCUT2D eigenvalue weighted by atomic mass is 10.3. The van der Waals surface area contributed by atoms with Crippen LogP contribution in [-0.4, -0.2) is 30.6 Å². The third kappa shape index (κ3) is 2.70. The fraction of sp³-hybridized carbons (Fsp3) is 0.333. The Morgan fingerprint density at radius 1 is 1.32 bits per heavy atom. The molecule has 0 bridgehead atoms. The summed E-state index contributed by atoms with van der Waals surface area (Å²) in [6, 6.07) is 4.25. The molecule has 2 rings (SSSR count). The quantitative estimate of drug-likeness (QED) is 0.867. The largest absolute Gasteiger partial charge is 0.476 e. The van der Waals surface area contributed by atoms with E-state index in [1.54, 1.807) is 4.68 Å². The zero-order chi connectivity index (χ0) is 14.0. The summed E-state index contributed by atoms with van der Waals surface area (Å²) in [5.41, 5.74) is 1.17. The number of aromatic nitrogens is 4. The molecule has 0 aliphatic heterocycles. The number of aromatic carboxylic acids is 1. The summed E-state index contributed by atoms with van der Waals surface area (Å²) in [7, 11) is 0. The first kappa shape index (κ1) is 13.0. The van der Waals surface area contributed by atoms with Gasteiger partial charge < -0.3 is 5.11 Å². The predicted octanol–water partition coefficient (Wildman–Crippen LogP) is 0.515. The van der Waals surface area contributed by atoms with Gasteiger partial charge in [0.15, 0.2) is 5.69 Å². The lowest BCUT2D eigenvalue weighted by molar-refractivity contribution is 0.0687. The van der Waals surface area contributed by atoms with Crippen LogP contribution in [0.25, 0.3) is 0 Å². The maximum Gasteiger partial charge on any atom is 0.356 e. The predicted molar refractivity (Wildman–Crippen MR) is 67.2 cm³/mol. The standard InChI is InChI=1S/C12H14N4O3/c1-3-15-9(6-8(2)13-15)7-16-11(17)5-4-10(14-16)12(18)19/h4-6H,3,7H2,1-2H3,(H,18,19). The van der Waals surface area contributed by atoms with Crippen LogP contribution in [0.4, 0.5) is 0 Å². The molecule has 0 unspecified atom stereocenters. The van der Waals surface area contributed by atoms with E-state index in [0.717, 1.165) is 16.1 Å². The van der Waals surface area contributed by atoms with Gasteiger partial charge in [0.25, 0.3) is 5.56 Å². The van der Waals surface area contributed by atoms with E-state index in [2.05, 4.69) is 10.2 Å². The molecule has 0 amide bonds. The first-order chi connectivity index (χ1) is 9.01. The van der Waals surface area contributed by atoms with Crippen LogP contribution in [0.3, 0.4) is 0 Å². The lowest BCUT2D eigenvalue weighted by Gasteiger charge is -2.06. The monoisotopic (exact) mass is 262 g/mol. The zero-order valence-electron chi connectivity index (χ0n) is 10.7. The van der Waals surface area contributed by atoms with Crippen LogP contribution in [0.5, 0.6) is 0 Å². The Hall–Kier alpha value is -2.44. The number of aryl methyl sites for hydroxylation is 2. The Morgan fingerprint density at radius 3 is 2.68 bits per heavy atom. The van der Waals surface area contributed by atoms with E-state index in [1.807, 2.05) is 19.9 Å². The fourth-order valence-electron chi connectivity index (χ4n) is 1.83. The van der Waals surface area contributed by atoms with E-state index >= 15 is 0 Å². The number of carbonyl (C=O) groups is 1. The minimum absolute atomic E-state index is 0.154. The van der Waals surface area contributed by atoms with Crippen molar-refractivity contribution in [3.05, 3.63) is 45.6 Å². The molecule has 0 fully saturated rings. The number of hydrogen-bond acceptors (Lipinski definition) is 4. The number of carboxylic acid groups (broad SMARTS) is 1. The molecule has 100 valence electrons. The van der Waals surface area contributed by atoms with E-state index in [9.17, 15) is 9.59 Å². The van der Waals surface area contributed by atoms with Crippen molar-refractivity contribution in [1.29, 1.82) is 0 Å². The molecule has 0 saturated heterocycles. The molecule has 2 aromatic rings. The fourth-order valence-corrected chi connectivity index (χ4v) is 1.83. The van der Waals surface area contributed by atoms with Gasteiger partial charge >= 0.3 is 5.97 Å². The molecule has 0 saturated carbocycles. The van der Waals surface area contributed by atoms with E-state index < -0.39 is 5.97 Å². The molecule has 7 nitrogen and oxygen atoms in total. The maximum absolute atomic E-state index is 11.7. The highest BCUT2D eigenvalue weighted by Crippen LogP contribution is 2.05. The second-order valence-corrected chi connectivity index (χ2v) is 4.11. The Labute approximate surface area is 109 Å². The van der Waals surface area contributed by atoms with E-state index in [4.69, 9.17) is 5.11 Å². The van der Waals surface area contributed by atoms with Crippen molar-refractivity contribution in [1.82, 2.24) is 19.6 Å². The van der Waals surface area contributed by atoms with Gasteiger partial charge in [-0.2, -0.15) is 10.2 Å². The van der Waals surface area contributed by atoms with Gasteiger partial charge in [0.2, 0.25) is 0 Å². The van der Waals surface area contributed by atoms with Crippen LogP contribution < -0.4 is 5.56 Å². The Bertz CT molecular complexity index is 672. The number of carboxylic acids is 1. The van der Waals surface area contributed by atoms with Crippen molar-refractivity contribution in [3.63, 3.8) is 0 Å². The van der Waals surface area contributed by atoms with Crippen LogP contribution in [-0.2, 0) is 13.1 Å². The van der Waals surface area contributed by atoms with Gasteiger partial charge in [0.05, 0.1) is 17.9 Å². The van der Waals surface area contributed by atoms with E-state index in [0.29, 0.717) is 6.54 Å². The summed E-state index contributed by atoms with van der Waals surface area (Å²) < 4.78 is 2.89. The van der Waals surface area contributed by atoms with Crippen LogP contribution in [0.1, 0.15) is 28.8 Å². The van der Waals surface area contributed by atoms with Gasteiger partial charge in [-0.05, 0) is 26.0 Å². The summed E-state index contributed by atoms with van der Waals surface area (Å²) in [4.78, 5) is 22.5. The van der Waals surface area contributed by atoms with Crippen LogP contribution in [0.15, 0.2) is 23.0 Å². The second-order valence-electron chi connectivity index (χ2n) is 4.11. The maximum atomic E-state index is 11.7. The van der Waals surface area contributed by atoms with E-state index in [-0.39, 0.29) is 17.8 Å². The molecule has 0 aliphatic rings. The molecule has 0 spiro atoms. The molecule has 0 atom stereocenters. The lowest BCUT2D eigenvalue weighted by Crippen LogP contribution is -2.26. The van der Waals surface area contributed by atoms with Crippen molar-refractivity contribution in [3.8, 4) is 0 Å². The van der Waals surface area contributed by atoms with E-state index in [1.165, 1.54) is 12.1 Å². The highest BCUT2D eigenvalue weighted by Gasteiger charge is 2.10. The second kappa shape index (κ2) is 5.05. The third-order valence-electron chi connectivity index (χ3n) is 2.68. The SMILES string of the molecule is CCn1nc(C)cc1Cn1nc(C(=O)O)ccc1=O. The molecular formula is C12H14N4O3. The summed E-state index contributed by atoms with van der Waals surface area (Å²) in [6.45, 7) is 4.69. The van der Waals surface area contributed by atoms with Crippen LogP contribution >= 0.6 is 0 Å². The third-order valence-corrected chi connectivity index (χ3v) is 2.68. The highest BCUT2D eigenvalue weighted by molar-refractivity contribution is 5.84. The molecule has 2 aromatic heterocycles. The summed E-state index contributed by atoms with van der Waals surface area (Å²) >= 11 is 0. The topological polar surface area (TPSA) is 90.0 Å².